The number of benzene rings is 2. The summed E-state index contributed by atoms with van der Waals surface area (Å²) < 4.78 is 10.2. The number of nitrogens with zero attached hydrogens (tertiary/aromatic N) is 5. The van der Waals surface area contributed by atoms with E-state index in [0.717, 1.165) is 75.3 Å². The highest BCUT2D eigenvalue weighted by molar-refractivity contribution is 6.00. The summed E-state index contributed by atoms with van der Waals surface area (Å²) in [5.41, 5.74) is 13.5. The summed E-state index contributed by atoms with van der Waals surface area (Å²) in [5.74, 6) is 2.39. The van der Waals surface area contributed by atoms with Crippen molar-refractivity contribution < 1.29 is 9.53 Å². The van der Waals surface area contributed by atoms with Crippen molar-refractivity contribution in [1.29, 1.82) is 0 Å². The van der Waals surface area contributed by atoms with E-state index in [1.807, 2.05) is 48.3 Å². The molecule has 2 unspecified atom stereocenters. The molecule has 228 valence electrons. The minimum absolute atomic E-state index is 0.00784. The summed E-state index contributed by atoms with van der Waals surface area (Å²) in [5, 5.41) is 1.03. The van der Waals surface area contributed by atoms with Crippen LogP contribution in [0, 0.1) is 11.8 Å². The molecule has 4 aromatic heterocycles. The Balaban J connectivity index is 1.16. The van der Waals surface area contributed by atoms with Crippen molar-refractivity contribution in [2.24, 2.45) is 24.6 Å². The second-order valence-corrected chi connectivity index (χ2v) is 13.0. The van der Waals surface area contributed by atoms with Gasteiger partial charge >= 0.3 is 5.69 Å². The fourth-order valence-electron chi connectivity index (χ4n) is 7.68. The second-order valence-electron chi connectivity index (χ2n) is 13.0. The number of aryl methyl sites for hydroxylation is 1. The van der Waals surface area contributed by atoms with Crippen LogP contribution in [0.5, 0.6) is 5.75 Å². The largest absolute Gasteiger partial charge is 0.494 e. The lowest BCUT2D eigenvalue weighted by atomic mass is 10.1. The number of fused-ring (bicyclic) bond motifs is 5. The molecule has 11 heteroatoms. The van der Waals surface area contributed by atoms with Crippen molar-refractivity contribution >= 4 is 39.0 Å². The predicted molar refractivity (Wildman–Crippen MR) is 172 cm³/mol. The normalized spacial score (nSPS) is 21.1. The van der Waals surface area contributed by atoms with E-state index in [1.54, 1.807) is 7.11 Å². The number of amides is 1. The number of piperidine rings is 1. The van der Waals surface area contributed by atoms with Crippen molar-refractivity contribution in [1.82, 2.24) is 34.0 Å². The quantitative estimate of drug-likeness (QED) is 0.258. The molecule has 1 amide bonds. The minimum Gasteiger partial charge on any atom is -0.494 e. The van der Waals surface area contributed by atoms with Gasteiger partial charge in [0, 0.05) is 48.7 Å². The van der Waals surface area contributed by atoms with E-state index in [4.69, 9.17) is 20.4 Å². The molecule has 2 bridgehead atoms. The zero-order chi connectivity index (χ0) is 30.6. The van der Waals surface area contributed by atoms with Crippen molar-refractivity contribution in [3.63, 3.8) is 0 Å². The van der Waals surface area contributed by atoms with Crippen LogP contribution in [0.4, 0.5) is 0 Å². The molecule has 2 saturated carbocycles. The van der Waals surface area contributed by atoms with Gasteiger partial charge in [0.05, 0.1) is 35.0 Å². The van der Waals surface area contributed by atoms with Gasteiger partial charge in [-0.15, -0.1) is 0 Å². The monoisotopic (exact) mass is 602 g/mol. The van der Waals surface area contributed by atoms with Gasteiger partial charge in [-0.1, -0.05) is 6.07 Å². The minimum atomic E-state index is -0.226. The molecule has 0 radical (unpaired) electrons. The molecule has 2 aromatic carbocycles. The summed E-state index contributed by atoms with van der Waals surface area (Å²) in [7, 11) is 3.64. The van der Waals surface area contributed by atoms with E-state index in [2.05, 4.69) is 31.2 Å². The van der Waals surface area contributed by atoms with E-state index >= 15 is 0 Å². The molecule has 9 rings (SSSR count). The first-order chi connectivity index (χ1) is 21.9. The average Bonchev–Trinajstić information content (AvgIpc) is 3.26. The van der Waals surface area contributed by atoms with Gasteiger partial charge in [-0.25, -0.2) is 14.8 Å². The molecule has 1 saturated heterocycles. The number of hydrogen-bond donors (Lipinski definition) is 3. The van der Waals surface area contributed by atoms with Gasteiger partial charge in [0.1, 0.15) is 16.9 Å². The molecule has 5 heterocycles. The lowest BCUT2D eigenvalue weighted by molar-refractivity contribution is 0.0700. The zero-order valence-electron chi connectivity index (χ0n) is 25.2. The smallest absolute Gasteiger partial charge is 0.323 e. The number of carbonyl (C=O) groups excluding carboxylic acids is 1. The first-order valence-electron chi connectivity index (χ1n) is 15.7. The molecule has 0 spiro atoms. The maximum atomic E-state index is 13.7. The zero-order valence-corrected chi connectivity index (χ0v) is 25.2. The Morgan fingerprint density at radius 3 is 2.62 bits per heavy atom. The fraction of sp³-hybridized carbons (Fsp3) is 0.353. The molecule has 3 atom stereocenters. The summed E-state index contributed by atoms with van der Waals surface area (Å²) in [6.45, 7) is 1.56. The van der Waals surface area contributed by atoms with Gasteiger partial charge in [0.25, 0.3) is 5.91 Å². The number of nitrogens with two attached hydrogens (primary N) is 1. The Morgan fingerprint density at radius 1 is 1.02 bits per heavy atom. The van der Waals surface area contributed by atoms with E-state index < -0.39 is 0 Å². The maximum absolute atomic E-state index is 13.7. The maximum Gasteiger partial charge on any atom is 0.323 e. The number of hydrogen-bond acceptors (Lipinski definition) is 6. The van der Waals surface area contributed by atoms with E-state index in [1.165, 1.54) is 12.8 Å². The molecule has 2 aliphatic carbocycles. The topological polar surface area (TPSA) is 140 Å². The molecule has 3 aliphatic rings. The number of ether oxygens (including phenoxy) is 1. The third-order valence-electron chi connectivity index (χ3n) is 10.2. The number of rotatable bonds is 6. The molecule has 4 N–H and O–H groups in total. The highest BCUT2D eigenvalue weighted by atomic mass is 16.5. The fourth-order valence-corrected chi connectivity index (χ4v) is 7.68. The average molecular weight is 603 g/mol. The van der Waals surface area contributed by atoms with Gasteiger partial charge in [0.2, 0.25) is 0 Å². The van der Waals surface area contributed by atoms with Crippen LogP contribution in [0.25, 0.3) is 55.9 Å². The number of nitrogens with one attached hydrogen (secondary N) is 2. The Labute approximate surface area is 258 Å². The molecule has 6 aromatic rings. The van der Waals surface area contributed by atoms with E-state index in [9.17, 15) is 9.59 Å². The van der Waals surface area contributed by atoms with Crippen LogP contribution < -0.4 is 16.2 Å². The second kappa shape index (κ2) is 9.55. The number of methoxy groups -OCH3 is 1. The molecular formula is C34H34N8O3. The highest BCUT2D eigenvalue weighted by Crippen LogP contribution is 2.40. The first kappa shape index (κ1) is 26.5. The molecule has 11 nitrogen and oxygen atoms in total. The van der Waals surface area contributed by atoms with Crippen molar-refractivity contribution in [2.75, 3.05) is 13.7 Å². The highest BCUT2D eigenvalue weighted by Gasteiger charge is 2.47. The number of H-pyrrole nitrogens is 2. The van der Waals surface area contributed by atoms with E-state index in [-0.39, 0.29) is 23.7 Å². The van der Waals surface area contributed by atoms with Gasteiger partial charge in [0.15, 0.2) is 5.82 Å². The van der Waals surface area contributed by atoms with Crippen molar-refractivity contribution in [2.45, 2.75) is 44.3 Å². The number of imidazole rings is 2. The third-order valence-corrected chi connectivity index (χ3v) is 10.2. The van der Waals surface area contributed by atoms with Crippen LogP contribution in [-0.2, 0) is 13.6 Å². The summed E-state index contributed by atoms with van der Waals surface area (Å²) >= 11 is 0. The summed E-state index contributed by atoms with van der Waals surface area (Å²) in [4.78, 5) is 43.4. The van der Waals surface area contributed by atoms with Crippen LogP contribution in [0.1, 0.15) is 36.0 Å². The van der Waals surface area contributed by atoms with Crippen molar-refractivity contribution in [3.05, 3.63) is 64.6 Å². The number of carbonyl (C=O) groups is 1. The van der Waals surface area contributed by atoms with Crippen LogP contribution >= 0.6 is 0 Å². The number of aromatic nitrogens is 6. The predicted octanol–water partition coefficient (Wildman–Crippen LogP) is 4.41. The SMILES string of the molecule is COc1cc(C(=O)N2CC3CCC2[C@@H]3N)cc2nc(-c3cc4ccc(-c5ccc6[nH]c(=O)[nH]c6c5)nc4n3CC3CC3)n(C)c12. The van der Waals surface area contributed by atoms with Gasteiger partial charge in [-0.05, 0) is 80.0 Å². The summed E-state index contributed by atoms with van der Waals surface area (Å²) in [6.07, 6.45) is 4.45. The van der Waals surface area contributed by atoms with Crippen LogP contribution in [-0.4, -0.2) is 65.6 Å². The van der Waals surface area contributed by atoms with Crippen LogP contribution in [0.3, 0.4) is 0 Å². The van der Waals surface area contributed by atoms with Crippen LogP contribution in [0.2, 0.25) is 0 Å². The molecular weight excluding hydrogens is 568 g/mol. The Morgan fingerprint density at radius 2 is 1.87 bits per heavy atom. The first-order valence-corrected chi connectivity index (χ1v) is 15.7. The van der Waals surface area contributed by atoms with Gasteiger partial charge in [-0.3, -0.25) is 4.79 Å². The van der Waals surface area contributed by atoms with Gasteiger partial charge < -0.3 is 34.5 Å². The number of likely N-dealkylation sites (tertiary alicyclic amines) is 1. The van der Waals surface area contributed by atoms with Crippen LogP contribution in [0.15, 0.2) is 53.3 Å². The number of aromatic amines is 2. The summed E-state index contributed by atoms with van der Waals surface area (Å²) in [6, 6.07) is 16.0. The Kier molecular flexibility index (Phi) is 5.62. The number of pyridine rings is 1. The Bertz CT molecular complexity index is 2240. The molecule has 3 fully saturated rings. The standard InChI is InChI=1S/C34H34N8O3/c1-40-30-25(12-21(14-28(30)45-2)33(43)42-16-20-7-10-26(42)29(20)35)37-32(40)27-13-19-6-8-22(36-31(19)41(27)15-17-3-4-17)18-5-9-23-24(11-18)39-34(44)38-23/h5-6,8-9,11-14,17,20,26,29H,3-4,7,10,15-16,35H2,1-2H3,(H2,38,39,44)/t20?,26?,29-/m1/s1. The third kappa shape index (κ3) is 4.06. The van der Waals surface area contributed by atoms with Gasteiger partial charge in [-0.2, -0.15) is 0 Å². The van der Waals surface area contributed by atoms with Crippen molar-refractivity contribution in [3.8, 4) is 28.5 Å². The Hall–Kier alpha value is -4.90. The van der Waals surface area contributed by atoms with E-state index in [0.29, 0.717) is 29.7 Å². The lowest BCUT2D eigenvalue weighted by Gasteiger charge is -2.27. The molecule has 45 heavy (non-hydrogen) atoms. The molecule has 1 aliphatic heterocycles. The lowest BCUT2D eigenvalue weighted by Crippen LogP contribution is -2.41.